The van der Waals surface area contributed by atoms with Gasteiger partial charge in [-0.05, 0) is 17.2 Å². The Hall–Kier alpha value is -0.510. The lowest BCUT2D eigenvalue weighted by molar-refractivity contribution is 0.386. The maximum Gasteiger partial charge on any atom is 0.158 e. The van der Waals surface area contributed by atoms with Gasteiger partial charge in [-0.2, -0.15) is 0 Å². The zero-order chi connectivity index (χ0) is 8.10. The monoisotopic (exact) mass is 170 g/mol. The highest BCUT2D eigenvalue weighted by atomic mass is 32.2. The fraction of sp³-hybridized carbons (Fsp3) is 0.250. The second-order valence-electron chi connectivity index (χ2n) is 1.98. The molecule has 0 aliphatic heterocycles. The van der Waals surface area contributed by atoms with E-state index in [-0.39, 0.29) is 0 Å². The molecule has 0 saturated heterocycles. The Kier molecular flexibility index (Phi) is 3.42. The fourth-order valence-electron chi connectivity index (χ4n) is 0.744. The third kappa shape index (κ3) is 2.93. The molecule has 2 aliphatic carbocycles. The molecule has 2 aliphatic rings. The molecular weight excluding hydrogens is 160 g/mol. The zero-order valence-corrected chi connectivity index (χ0v) is 7.35. The van der Waals surface area contributed by atoms with Gasteiger partial charge in [0.05, 0.1) is 14.2 Å². The summed E-state index contributed by atoms with van der Waals surface area (Å²) in [5.41, 5.74) is 2.85. The summed E-state index contributed by atoms with van der Waals surface area (Å²) < 4.78 is 8.77. The summed E-state index contributed by atoms with van der Waals surface area (Å²) in [7, 11) is 3.10. The minimum absolute atomic E-state index is 0.963. The quantitative estimate of drug-likeness (QED) is 0.645. The maximum absolute atomic E-state index is 4.39. The van der Waals surface area contributed by atoms with Crippen molar-refractivity contribution in [3.05, 3.63) is 24.3 Å². The predicted molar refractivity (Wildman–Crippen MR) is 47.0 cm³/mol. The Morgan fingerprint density at radius 3 is 1.73 bits per heavy atom. The molecule has 0 aromatic heterocycles. The van der Waals surface area contributed by atoms with Gasteiger partial charge < -0.3 is 0 Å². The molecule has 0 saturated carbocycles. The van der Waals surface area contributed by atoms with Gasteiger partial charge in [0.2, 0.25) is 0 Å². The van der Waals surface area contributed by atoms with Crippen molar-refractivity contribution in [3.63, 3.8) is 0 Å². The average Bonchev–Trinajstić information content (AvgIpc) is 2.62. The van der Waals surface area contributed by atoms with E-state index in [4.69, 9.17) is 0 Å². The van der Waals surface area contributed by atoms with Crippen LogP contribution in [-0.4, -0.2) is 14.2 Å². The van der Waals surface area contributed by atoms with Crippen molar-refractivity contribution in [1.82, 2.24) is 0 Å². The summed E-state index contributed by atoms with van der Waals surface area (Å²) >= 11 is 0.963. The molecule has 3 heteroatoms. The zero-order valence-electron chi connectivity index (χ0n) is 6.53. The third-order valence-electron chi connectivity index (χ3n) is 1.25. The van der Waals surface area contributed by atoms with Crippen LogP contribution in [0.1, 0.15) is 0 Å². The number of benzene rings is 1. The van der Waals surface area contributed by atoms with E-state index in [1.807, 2.05) is 0 Å². The standard InChI is InChI=1S/C6H4.C2H6O2S/c1-2-5-4-6(5)3-1;1-3-5-4-2/h1-4H;1-2H3. The minimum Gasteiger partial charge on any atom is -0.295 e. The molecule has 2 rings (SSSR count). The number of rotatable bonds is 2. The third-order valence-corrected chi connectivity index (χ3v) is 1.52. The van der Waals surface area contributed by atoms with Crippen LogP contribution in [0.15, 0.2) is 24.3 Å². The first kappa shape index (κ1) is 8.59. The van der Waals surface area contributed by atoms with Crippen LogP contribution in [-0.2, 0) is 8.37 Å². The molecule has 60 valence electrons. The molecule has 2 nitrogen and oxygen atoms in total. The SMILES string of the molecule is COSOC.c1cc2cc-2c1. The number of fused-ring (bicyclic) bond motifs is 1. The smallest absolute Gasteiger partial charge is 0.158 e. The van der Waals surface area contributed by atoms with Crippen molar-refractivity contribution < 1.29 is 8.37 Å². The van der Waals surface area contributed by atoms with Crippen molar-refractivity contribution in [1.29, 1.82) is 0 Å². The van der Waals surface area contributed by atoms with Crippen LogP contribution >= 0.6 is 12.3 Å². The summed E-state index contributed by atoms with van der Waals surface area (Å²) in [6.45, 7) is 0. The van der Waals surface area contributed by atoms with Gasteiger partial charge in [0.25, 0.3) is 0 Å². The molecule has 0 atom stereocenters. The molecule has 0 N–H and O–H groups in total. The van der Waals surface area contributed by atoms with E-state index < -0.39 is 0 Å². The van der Waals surface area contributed by atoms with Crippen molar-refractivity contribution >= 4 is 12.3 Å². The summed E-state index contributed by atoms with van der Waals surface area (Å²) in [6, 6.07) is 8.48. The lowest BCUT2D eigenvalue weighted by Crippen LogP contribution is -1.64. The highest BCUT2D eigenvalue weighted by Crippen LogP contribution is 2.32. The molecule has 0 radical (unpaired) electrons. The first-order valence-corrected chi connectivity index (χ1v) is 3.89. The minimum atomic E-state index is 0.963. The molecule has 0 amide bonds. The second kappa shape index (κ2) is 4.38. The van der Waals surface area contributed by atoms with Gasteiger partial charge in [0.15, 0.2) is 12.3 Å². The molecule has 0 aromatic rings. The van der Waals surface area contributed by atoms with Crippen molar-refractivity contribution in [3.8, 4) is 11.1 Å². The fourth-order valence-corrected chi connectivity index (χ4v) is 0.880. The first-order valence-electron chi connectivity index (χ1n) is 3.22. The Bertz CT molecular complexity index is 206. The van der Waals surface area contributed by atoms with E-state index in [0.29, 0.717) is 0 Å². The van der Waals surface area contributed by atoms with Gasteiger partial charge in [-0.25, -0.2) is 0 Å². The second-order valence-corrected chi connectivity index (χ2v) is 2.78. The van der Waals surface area contributed by atoms with E-state index in [1.54, 1.807) is 14.2 Å². The van der Waals surface area contributed by atoms with Crippen LogP contribution in [0.3, 0.4) is 0 Å². The van der Waals surface area contributed by atoms with Crippen molar-refractivity contribution in [2.45, 2.75) is 0 Å². The van der Waals surface area contributed by atoms with Gasteiger partial charge in [-0.3, -0.25) is 8.37 Å². The molecule has 0 unspecified atom stereocenters. The van der Waals surface area contributed by atoms with Gasteiger partial charge in [0.1, 0.15) is 0 Å². The predicted octanol–water partition coefficient (Wildman–Crippen LogP) is 2.51. The number of hydrogen-bond acceptors (Lipinski definition) is 3. The summed E-state index contributed by atoms with van der Waals surface area (Å²) in [5, 5.41) is 0. The topological polar surface area (TPSA) is 18.5 Å². The molecule has 0 fully saturated rings. The van der Waals surface area contributed by atoms with Crippen LogP contribution in [0.25, 0.3) is 11.1 Å². The first-order chi connectivity index (χ1) is 5.38. The van der Waals surface area contributed by atoms with Gasteiger partial charge >= 0.3 is 0 Å². The lowest BCUT2D eigenvalue weighted by Gasteiger charge is -1.83. The Morgan fingerprint density at radius 2 is 1.64 bits per heavy atom. The molecule has 0 bridgehead atoms. The molecule has 0 aromatic carbocycles. The van der Waals surface area contributed by atoms with Crippen LogP contribution in [0.5, 0.6) is 0 Å². The summed E-state index contributed by atoms with van der Waals surface area (Å²) in [5.74, 6) is 0. The molecule has 0 spiro atoms. The van der Waals surface area contributed by atoms with Crippen LogP contribution in [0.4, 0.5) is 0 Å². The van der Waals surface area contributed by atoms with Crippen molar-refractivity contribution in [2.24, 2.45) is 0 Å². The Morgan fingerprint density at radius 1 is 1.09 bits per heavy atom. The van der Waals surface area contributed by atoms with E-state index in [1.165, 1.54) is 11.1 Å². The van der Waals surface area contributed by atoms with E-state index in [0.717, 1.165) is 12.3 Å². The molecule has 11 heavy (non-hydrogen) atoms. The Balaban J connectivity index is 0.000000114. The van der Waals surface area contributed by atoms with Gasteiger partial charge in [0, 0.05) is 0 Å². The highest BCUT2D eigenvalue weighted by Gasteiger charge is 2.06. The average molecular weight is 170 g/mol. The van der Waals surface area contributed by atoms with Crippen LogP contribution in [0, 0.1) is 0 Å². The molecular formula is C8H10O2S. The largest absolute Gasteiger partial charge is 0.295 e. The molecule has 0 heterocycles. The van der Waals surface area contributed by atoms with Gasteiger partial charge in [-0.1, -0.05) is 18.2 Å². The van der Waals surface area contributed by atoms with Gasteiger partial charge in [-0.15, -0.1) is 0 Å². The Labute approximate surface area is 70.9 Å². The summed E-state index contributed by atoms with van der Waals surface area (Å²) in [6.07, 6.45) is 0. The maximum atomic E-state index is 4.39. The lowest BCUT2D eigenvalue weighted by atomic mass is 10.6. The van der Waals surface area contributed by atoms with E-state index in [9.17, 15) is 0 Å². The van der Waals surface area contributed by atoms with E-state index in [2.05, 4.69) is 32.6 Å². The normalized spacial score (nSPS) is 10.0. The highest BCUT2D eigenvalue weighted by molar-refractivity contribution is 7.89. The summed E-state index contributed by atoms with van der Waals surface area (Å²) in [4.78, 5) is 0. The van der Waals surface area contributed by atoms with E-state index >= 15 is 0 Å². The van der Waals surface area contributed by atoms with Crippen LogP contribution in [0.2, 0.25) is 0 Å². The number of hydrogen-bond donors (Lipinski definition) is 0. The van der Waals surface area contributed by atoms with Crippen LogP contribution < -0.4 is 0 Å². The van der Waals surface area contributed by atoms with Crippen molar-refractivity contribution in [2.75, 3.05) is 14.2 Å².